The average Bonchev–Trinajstić information content (AvgIpc) is 2.55. The number of hydrogen-bond acceptors (Lipinski definition) is 5. The van der Waals surface area contributed by atoms with Gasteiger partial charge in [0.05, 0.1) is 22.8 Å². The van der Waals surface area contributed by atoms with Crippen LogP contribution < -0.4 is 15.0 Å². The number of fused-ring (bicyclic) bond motifs is 1. The first-order chi connectivity index (χ1) is 12.2. The fraction of sp³-hybridized carbons (Fsp3) is 0.188. The van der Waals surface area contributed by atoms with Gasteiger partial charge in [0.2, 0.25) is 5.91 Å². The smallest absolute Gasteiger partial charge is 0.417 e. The minimum Gasteiger partial charge on any atom is -0.423 e. The maximum atomic E-state index is 12.6. The molecule has 0 bridgehead atoms. The summed E-state index contributed by atoms with van der Waals surface area (Å²) in [6, 6.07) is 7.35. The number of alkyl halides is 3. The van der Waals surface area contributed by atoms with E-state index in [2.05, 4.69) is 10.3 Å². The number of carbonyl (C=O) groups is 2. The van der Waals surface area contributed by atoms with Gasteiger partial charge >= 0.3 is 12.1 Å². The molecule has 26 heavy (non-hydrogen) atoms. The zero-order chi connectivity index (χ0) is 18.9. The number of amides is 1. The van der Waals surface area contributed by atoms with Gasteiger partial charge in [-0.25, -0.2) is 9.78 Å². The third kappa shape index (κ3) is 3.88. The first-order valence-corrected chi connectivity index (χ1v) is 7.69. The Morgan fingerprint density at radius 3 is 2.77 bits per heavy atom. The molecule has 6 nitrogen and oxygen atoms in total. The monoisotopic (exact) mass is 385 g/mol. The van der Waals surface area contributed by atoms with E-state index in [0.717, 1.165) is 0 Å². The van der Waals surface area contributed by atoms with Crippen LogP contribution in [-0.2, 0) is 15.8 Å². The van der Waals surface area contributed by atoms with Gasteiger partial charge in [-0.05, 0) is 18.2 Å². The van der Waals surface area contributed by atoms with E-state index < -0.39 is 23.6 Å². The standard InChI is InChI=1S/C16H11ClF3N3O3/c17-10-5-9(16(18,19)20)6-21-15(10)22-13(24)7-23-8-14(25)26-12-4-2-1-3-11(12)23/h1-6H,7-8H2,(H,21,22,24). The molecule has 1 amide bonds. The second-order valence-electron chi connectivity index (χ2n) is 5.40. The van der Waals surface area contributed by atoms with Gasteiger partial charge in [-0.2, -0.15) is 13.2 Å². The van der Waals surface area contributed by atoms with Crippen molar-refractivity contribution in [3.63, 3.8) is 0 Å². The summed E-state index contributed by atoms with van der Waals surface area (Å²) in [6.07, 6.45) is -4.01. The summed E-state index contributed by atoms with van der Waals surface area (Å²) in [7, 11) is 0. The van der Waals surface area contributed by atoms with Crippen molar-refractivity contribution in [2.45, 2.75) is 6.18 Å². The first kappa shape index (κ1) is 18.0. The van der Waals surface area contributed by atoms with Crippen molar-refractivity contribution >= 4 is 35.0 Å². The molecule has 1 aliphatic rings. The van der Waals surface area contributed by atoms with E-state index >= 15 is 0 Å². The number of benzene rings is 1. The van der Waals surface area contributed by atoms with Crippen molar-refractivity contribution < 1.29 is 27.5 Å². The Morgan fingerprint density at radius 1 is 1.35 bits per heavy atom. The Kier molecular flexibility index (Phi) is 4.73. The zero-order valence-electron chi connectivity index (χ0n) is 13.0. The summed E-state index contributed by atoms with van der Waals surface area (Å²) >= 11 is 5.76. The summed E-state index contributed by atoms with van der Waals surface area (Å²) < 4.78 is 42.9. The van der Waals surface area contributed by atoms with Crippen LogP contribution in [0.2, 0.25) is 5.02 Å². The number of pyridine rings is 1. The third-order valence-corrected chi connectivity index (χ3v) is 3.80. The quantitative estimate of drug-likeness (QED) is 0.649. The van der Waals surface area contributed by atoms with E-state index in [1.807, 2.05) is 0 Å². The minimum atomic E-state index is -4.59. The van der Waals surface area contributed by atoms with Crippen molar-refractivity contribution in [2.75, 3.05) is 23.3 Å². The second-order valence-corrected chi connectivity index (χ2v) is 5.81. The molecule has 2 aromatic rings. The van der Waals surface area contributed by atoms with Crippen LogP contribution in [0.5, 0.6) is 5.75 Å². The van der Waals surface area contributed by atoms with Crippen LogP contribution in [0, 0.1) is 0 Å². The Balaban J connectivity index is 1.73. The van der Waals surface area contributed by atoms with E-state index in [1.54, 1.807) is 24.3 Å². The minimum absolute atomic E-state index is 0.140. The molecule has 10 heteroatoms. The number of ether oxygens (including phenoxy) is 1. The van der Waals surface area contributed by atoms with E-state index in [9.17, 15) is 22.8 Å². The number of anilines is 2. The topological polar surface area (TPSA) is 71.5 Å². The largest absolute Gasteiger partial charge is 0.423 e. The highest BCUT2D eigenvalue weighted by molar-refractivity contribution is 6.33. The van der Waals surface area contributed by atoms with Crippen LogP contribution >= 0.6 is 11.6 Å². The van der Waals surface area contributed by atoms with Gasteiger partial charge in [0.1, 0.15) is 6.54 Å². The summed E-state index contributed by atoms with van der Waals surface area (Å²) in [6.45, 7) is -0.371. The molecule has 0 radical (unpaired) electrons. The lowest BCUT2D eigenvalue weighted by atomic mass is 10.2. The lowest BCUT2D eigenvalue weighted by molar-refractivity contribution is -0.138. The van der Waals surface area contributed by atoms with Crippen LogP contribution in [0.15, 0.2) is 36.5 Å². The number of rotatable bonds is 3. The van der Waals surface area contributed by atoms with Crippen LogP contribution in [0.4, 0.5) is 24.7 Å². The summed E-state index contributed by atoms with van der Waals surface area (Å²) in [5.74, 6) is -0.995. The molecule has 0 unspecified atom stereocenters. The summed E-state index contributed by atoms with van der Waals surface area (Å²) in [5, 5.41) is 2.00. The van der Waals surface area contributed by atoms with Gasteiger partial charge in [-0.1, -0.05) is 23.7 Å². The predicted molar refractivity (Wildman–Crippen MR) is 87.2 cm³/mol. The highest BCUT2D eigenvalue weighted by atomic mass is 35.5. The van der Waals surface area contributed by atoms with E-state index in [0.29, 0.717) is 23.7 Å². The van der Waals surface area contributed by atoms with Crippen LogP contribution in [0.1, 0.15) is 5.56 Å². The molecule has 3 rings (SSSR count). The lowest BCUT2D eigenvalue weighted by Crippen LogP contribution is -2.41. The van der Waals surface area contributed by atoms with E-state index in [1.165, 1.54) is 4.90 Å². The van der Waals surface area contributed by atoms with Crippen LogP contribution in [0.25, 0.3) is 0 Å². The molecule has 1 aromatic heterocycles. The van der Waals surface area contributed by atoms with Gasteiger partial charge in [0, 0.05) is 6.20 Å². The Morgan fingerprint density at radius 2 is 2.08 bits per heavy atom. The number of esters is 1. The lowest BCUT2D eigenvalue weighted by Gasteiger charge is -2.29. The molecule has 2 heterocycles. The maximum Gasteiger partial charge on any atom is 0.417 e. The Labute approximate surface area is 150 Å². The van der Waals surface area contributed by atoms with Gasteiger partial charge in [0.25, 0.3) is 0 Å². The molecule has 0 saturated heterocycles. The second kappa shape index (κ2) is 6.83. The highest BCUT2D eigenvalue weighted by Crippen LogP contribution is 2.33. The molecule has 1 aromatic carbocycles. The molecule has 0 fully saturated rings. The van der Waals surface area contributed by atoms with Crippen molar-refractivity contribution in [1.29, 1.82) is 0 Å². The molecular formula is C16H11ClF3N3O3. The molecule has 0 spiro atoms. The van der Waals surface area contributed by atoms with Crippen molar-refractivity contribution in [3.8, 4) is 5.75 Å². The zero-order valence-corrected chi connectivity index (χ0v) is 13.8. The first-order valence-electron chi connectivity index (χ1n) is 7.31. The Bertz CT molecular complexity index is 873. The molecule has 1 aliphatic heterocycles. The number of nitrogens with one attached hydrogen (secondary N) is 1. The fourth-order valence-electron chi connectivity index (χ4n) is 2.37. The third-order valence-electron chi connectivity index (χ3n) is 3.51. The van der Waals surface area contributed by atoms with Gasteiger partial charge in [-0.15, -0.1) is 0 Å². The highest BCUT2D eigenvalue weighted by Gasteiger charge is 2.32. The normalized spacial score (nSPS) is 13.8. The van der Waals surface area contributed by atoms with E-state index in [4.69, 9.17) is 16.3 Å². The van der Waals surface area contributed by atoms with Crippen LogP contribution in [-0.4, -0.2) is 29.9 Å². The summed E-state index contributed by atoms with van der Waals surface area (Å²) in [4.78, 5) is 28.9. The SMILES string of the molecule is O=C(CN1CC(=O)Oc2ccccc21)Nc1ncc(C(F)(F)F)cc1Cl. The number of carbonyl (C=O) groups excluding carboxylic acids is 2. The average molecular weight is 386 g/mol. The number of hydrogen-bond donors (Lipinski definition) is 1. The molecule has 136 valence electrons. The molecule has 0 saturated carbocycles. The molecule has 0 atom stereocenters. The van der Waals surface area contributed by atoms with Gasteiger partial charge in [0.15, 0.2) is 11.6 Å². The number of para-hydroxylation sites is 2. The van der Waals surface area contributed by atoms with Crippen molar-refractivity contribution in [2.24, 2.45) is 0 Å². The number of halogens is 4. The molecule has 0 aliphatic carbocycles. The van der Waals surface area contributed by atoms with Crippen molar-refractivity contribution in [1.82, 2.24) is 4.98 Å². The van der Waals surface area contributed by atoms with Gasteiger partial charge < -0.3 is 15.0 Å². The summed E-state index contributed by atoms with van der Waals surface area (Å²) in [5.41, 5.74) is -0.470. The van der Waals surface area contributed by atoms with Crippen LogP contribution in [0.3, 0.4) is 0 Å². The van der Waals surface area contributed by atoms with E-state index in [-0.39, 0.29) is 23.9 Å². The number of nitrogens with zero attached hydrogens (tertiary/aromatic N) is 2. The van der Waals surface area contributed by atoms with Gasteiger partial charge in [-0.3, -0.25) is 4.79 Å². The molecule has 1 N–H and O–H groups in total. The fourth-order valence-corrected chi connectivity index (χ4v) is 2.59. The predicted octanol–water partition coefficient (Wildman–Crippen LogP) is 3.12. The molecular weight excluding hydrogens is 375 g/mol. The number of aromatic nitrogens is 1. The Hall–Kier alpha value is -2.81. The maximum absolute atomic E-state index is 12.6. The van der Waals surface area contributed by atoms with Crippen molar-refractivity contribution in [3.05, 3.63) is 47.1 Å².